The molecule has 1 amide bonds. The number of nitrogens with zero attached hydrogens (tertiary/aromatic N) is 1. The third kappa shape index (κ3) is 3.40. The molecule has 1 saturated heterocycles. The Morgan fingerprint density at radius 1 is 1.27 bits per heavy atom. The molecule has 1 aromatic rings. The van der Waals surface area contributed by atoms with Gasteiger partial charge in [-0.05, 0) is 58.2 Å². The molecule has 2 rings (SSSR count). The lowest BCUT2D eigenvalue weighted by atomic mass is 9.96. The molecule has 122 valence electrons. The van der Waals surface area contributed by atoms with Crippen molar-refractivity contribution in [2.24, 2.45) is 5.92 Å². The van der Waals surface area contributed by atoms with E-state index < -0.39 is 0 Å². The highest BCUT2D eigenvalue weighted by Gasteiger charge is 2.27. The summed E-state index contributed by atoms with van der Waals surface area (Å²) in [5, 5.41) is 3.38. The van der Waals surface area contributed by atoms with Gasteiger partial charge in [0.1, 0.15) is 5.69 Å². The highest BCUT2D eigenvalue weighted by molar-refractivity contribution is 6.02. The quantitative estimate of drug-likeness (QED) is 0.820. The largest absolute Gasteiger partial charge is 0.354 e. The average molecular weight is 305 g/mol. The Labute approximate surface area is 132 Å². The minimum atomic E-state index is 0.00893. The summed E-state index contributed by atoms with van der Waals surface area (Å²) in [6.45, 7) is 11.0. The van der Waals surface area contributed by atoms with Gasteiger partial charge in [0, 0.05) is 24.3 Å². The zero-order valence-corrected chi connectivity index (χ0v) is 14.1. The summed E-state index contributed by atoms with van der Waals surface area (Å²) in [6, 6.07) is 0. The molecule has 0 bridgehead atoms. The molecule has 1 aliphatic rings. The van der Waals surface area contributed by atoms with Gasteiger partial charge in [-0.25, -0.2) is 0 Å². The summed E-state index contributed by atoms with van der Waals surface area (Å²) in [4.78, 5) is 29.4. The Balaban J connectivity index is 2.04. The molecule has 1 aromatic heterocycles. The van der Waals surface area contributed by atoms with E-state index in [9.17, 15) is 9.59 Å². The third-order valence-electron chi connectivity index (χ3n) is 4.59. The van der Waals surface area contributed by atoms with Crippen LogP contribution in [-0.4, -0.2) is 47.8 Å². The first-order valence-electron chi connectivity index (χ1n) is 8.15. The maximum atomic E-state index is 12.7. The second-order valence-electron chi connectivity index (χ2n) is 6.22. The van der Waals surface area contributed by atoms with Crippen molar-refractivity contribution < 1.29 is 9.59 Å². The summed E-state index contributed by atoms with van der Waals surface area (Å²) in [7, 11) is 0. The molecule has 0 unspecified atom stereocenters. The number of nitrogens with one attached hydrogen (secondary N) is 2. The fraction of sp³-hybridized carbons (Fsp3) is 0.647. The fourth-order valence-electron chi connectivity index (χ4n) is 3.34. The lowest BCUT2D eigenvalue weighted by molar-refractivity contribution is 0.0684. The Morgan fingerprint density at radius 2 is 1.91 bits per heavy atom. The first-order valence-corrected chi connectivity index (χ1v) is 8.15. The number of carbonyl (C=O) groups is 2. The Kier molecular flexibility index (Phi) is 5.40. The number of piperidine rings is 1. The van der Waals surface area contributed by atoms with Crippen LogP contribution < -0.4 is 5.32 Å². The molecule has 2 heterocycles. The molecular weight excluding hydrogens is 278 g/mol. The van der Waals surface area contributed by atoms with Crippen molar-refractivity contribution in [1.29, 1.82) is 0 Å². The van der Waals surface area contributed by atoms with E-state index in [0.29, 0.717) is 17.2 Å². The monoisotopic (exact) mass is 305 g/mol. The predicted molar refractivity (Wildman–Crippen MR) is 87.4 cm³/mol. The van der Waals surface area contributed by atoms with Crippen molar-refractivity contribution in [1.82, 2.24) is 15.2 Å². The lowest BCUT2D eigenvalue weighted by Crippen LogP contribution is -2.41. The first-order chi connectivity index (χ1) is 10.5. The van der Waals surface area contributed by atoms with Crippen molar-refractivity contribution in [3.8, 4) is 0 Å². The number of hydrogen-bond acceptors (Lipinski definition) is 3. The SMILES string of the molecule is CCNCC1CCN(C(=O)c2[nH]c(C)c(C(C)=O)c2C)CC1. The number of likely N-dealkylation sites (tertiary alicyclic amines) is 1. The minimum absolute atomic E-state index is 0.00893. The van der Waals surface area contributed by atoms with E-state index in [0.717, 1.165) is 50.3 Å². The van der Waals surface area contributed by atoms with E-state index in [1.165, 1.54) is 0 Å². The molecule has 0 radical (unpaired) electrons. The first kappa shape index (κ1) is 16.7. The van der Waals surface area contributed by atoms with E-state index in [1.54, 1.807) is 6.92 Å². The topological polar surface area (TPSA) is 65.2 Å². The van der Waals surface area contributed by atoms with Gasteiger partial charge < -0.3 is 15.2 Å². The molecule has 0 aromatic carbocycles. The molecule has 1 fully saturated rings. The van der Waals surface area contributed by atoms with Crippen LogP contribution in [-0.2, 0) is 0 Å². The maximum Gasteiger partial charge on any atom is 0.270 e. The lowest BCUT2D eigenvalue weighted by Gasteiger charge is -2.32. The van der Waals surface area contributed by atoms with Gasteiger partial charge in [-0.15, -0.1) is 0 Å². The molecular formula is C17H27N3O2. The van der Waals surface area contributed by atoms with Gasteiger partial charge in [0.05, 0.1) is 0 Å². The highest BCUT2D eigenvalue weighted by atomic mass is 16.2. The molecule has 0 spiro atoms. The number of aromatic nitrogens is 1. The molecule has 22 heavy (non-hydrogen) atoms. The molecule has 0 atom stereocenters. The van der Waals surface area contributed by atoms with Gasteiger partial charge in [0.2, 0.25) is 0 Å². The zero-order valence-electron chi connectivity index (χ0n) is 14.1. The van der Waals surface area contributed by atoms with Crippen molar-refractivity contribution in [3.63, 3.8) is 0 Å². The maximum absolute atomic E-state index is 12.7. The van der Waals surface area contributed by atoms with Crippen LogP contribution in [0.2, 0.25) is 0 Å². The number of Topliss-reactive ketones (excluding diaryl/α,β-unsaturated/α-hetero) is 1. The second-order valence-corrected chi connectivity index (χ2v) is 6.22. The van der Waals surface area contributed by atoms with Crippen LogP contribution in [0.15, 0.2) is 0 Å². The Hall–Kier alpha value is -1.62. The van der Waals surface area contributed by atoms with Gasteiger partial charge in [0.15, 0.2) is 5.78 Å². The van der Waals surface area contributed by atoms with Crippen molar-refractivity contribution in [3.05, 3.63) is 22.5 Å². The molecule has 0 aliphatic carbocycles. The second kappa shape index (κ2) is 7.09. The Bertz CT molecular complexity index is 554. The predicted octanol–water partition coefficient (Wildman–Crippen LogP) is 2.30. The number of H-pyrrole nitrogens is 1. The summed E-state index contributed by atoms with van der Waals surface area (Å²) < 4.78 is 0. The van der Waals surface area contributed by atoms with Crippen LogP contribution in [0, 0.1) is 19.8 Å². The number of aryl methyl sites for hydroxylation is 1. The molecule has 0 saturated carbocycles. The average Bonchev–Trinajstić information content (AvgIpc) is 2.79. The van der Waals surface area contributed by atoms with Crippen LogP contribution >= 0.6 is 0 Å². The van der Waals surface area contributed by atoms with Crippen molar-refractivity contribution >= 4 is 11.7 Å². The van der Waals surface area contributed by atoms with Gasteiger partial charge >= 0.3 is 0 Å². The number of amides is 1. The number of carbonyl (C=O) groups excluding carboxylic acids is 2. The Morgan fingerprint density at radius 3 is 2.41 bits per heavy atom. The molecule has 1 aliphatic heterocycles. The molecule has 5 nitrogen and oxygen atoms in total. The van der Waals surface area contributed by atoms with Crippen LogP contribution in [0.4, 0.5) is 0 Å². The van der Waals surface area contributed by atoms with Gasteiger partial charge in [-0.2, -0.15) is 0 Å². The van der Waals surface area contributed by atoms with Crippen molar-refractivity contribution in [2.75, 3.05) is 26.2 Å². The third-order valence-corrected chi connectivity index (χ3v) is 4.59. The number of hydrogen-bond donors (Lipinski definition) is 2. The van der Waals surface area contributed by atoms with Gasteiger partial charge in [0.25, 0.3) is 5.91 Å². The fourth-order valence-corrected chi connectivity index (χ4v) is 3.34. The summed E-state index contributed by atoms with van der Waals surface area (Å²) >= 11 is 0. The number of rotatable bonds is 5. The van der Waals surface area contributed by atoms with Gasteiger partial charge in [-0.1, -0.05) is 6.92 Å². The van der Waals surface area contributed by atoms with Crippen LogP contribution in [0.25, 0.3) is 0 Å². The van der Waals surface area contributed by atoms with E-state index >= 15 is 0 Å². The number of ketones is 1. The van der Waals surface area contributed by atoms with E-state index in [-0.39, 0.29) is 11.7 Å². The van der Waals surface area contributed by atoms with Crippen molar-refractivity contribution in [2.45, 2.75) is 40.5 Å². The van der Waals surface area contributed by atoms with Crippen LogP contribution in [0.1, 0.15) is 58.8 Å². The normalized spacial score (nSPS) is 16.1. The number of aromatic amines is 1. The summed E-state index contributed by atoms with van der Waals surface area (Å²) in [5.74, 6) is 0.688. The van der Waals surface area contributed by atoms with Gasteiger partial charge in [-0.3, -0.25) is 9.59 Å². The smallest absolute Gasteiger partial charge is 0.270 e. The van der Waals surface area contributed by atoms with E-state index in [1.807, 2.05) is 18.7 Å². The standard InChI is InChI=1S/C17H27N3O2/c1-5-18-10-14-6-8-20(9-7-14)17(22)16-11(2)15(13(4)21)12(3)19-16/h14,18-19H,5-10H2,1-4H3. The summed E-state index contributed by atoms with van der Waals surface area (Å²) in [6.07, 6.45) is 2.08. The molecule has 2 N–H and O–H groups in total. The van der Waals surface area contributed by atoms with Crippen LogP contribution in [0.3, 0.4) is 0 Å². The van der Waals surface area contributed by atoms with E-state index in [4.69, 9.17) is 0 Å². The highest BCUT2D eigenvalue weighted by Crippen LogP contribution is 2.23. The zero-order chi connectivity index (χ0) is 16.3. The van der Waals surface area contributed by atoms with Crippen LogP contribution in [0.5, 0.6) is 0 Å². The summed E-state index contributed by atoms with van der Waals surface area (Å²) in [5.41, 5.74) is 2.80. The minimum Gasteiger partial charge on any atom is -0.354 e. The molecule has 5 heteroatoms. The van der Waals surface area contributed by atoms with E-state index in [2.05, 4.69) is 17.2 Å².